The van der Waals surface area contributed by atoms with Crippen LogP contribution in [0.5, 0.6) is 0 Å². The van der Waals surface area contributed by atoms with Crippen molar-refractivity contribution in [3.8, 4) is 11.3 Å². The normalized spacial score (nSPS) is 10.4. The van der Waals surface area contributed by atoms with Gasteiger partial charge in [0.25, 0.3) is 5.91 Å². The van der Waals surface area contributed by atoms with E-state index in [2.05, 4.69) is 10.3 Å². The first-order chi connectivity index (χ1) is 10.7. The lowest BCUT2D eigenvalue weighted by molar-refractivity contribution is 0.0951. The van der Waals surface area contributed by atoms with E-state index in [0.29, 0.717) is 17.1 Å². The third-order valence-corrected chi connectivity index (χ3v) is 4.36. The molecule has 0 saturated heterocycles. The van der Waals surface area contributed by atoms with Crippen molar-refractivity contribution in [2.75, 3.05) is 0 Å². The topological polar surface area (TPSA) is 42.0 Å². The summed E-state index contributed by atoms with van der Waals surface area (Å²) in [6.45, 7) is 0.546. The standard InChI is InChI=1S/C17H13ClN2OS/c18-15-4-1-9-19-16(15)12-5-7-13(8-6-12)17(21)20-11-14-3-2-10-22-14/h1-10H,11H2,(H,20,21). The van der Waals surface area contributed by atoms with Crippen LogP contribution in [0.4, 0.5) is 0 Å². The van der Waals surface area contributed by atoms with Crippen LogP contribution in [0.2, 0.25) is 5.02 Å². The predicted octanol–water partition coefficient (Wildman–Crippen LogP) is 4.39. The van der Waals surface area contributed by atoms with Gasteiger partial charge in [-0.2, -0.15) is 0 Å². The van der Waals surface area contributed by atoms with Crippen LogP contribution in [0.1, 0.15) is 15.2 Å². The summed E-state index contributed by atoms with van der Waals surface area (Å²) < 4.78 is 0. The van der Waals surface area contributed by atoms with E-state index in [1.54, 1.807) is 41.8 Å². The quantitative estimate of drug-likeness (QED) is 0.771. The van der Waals surface area contributed by atoms with Gasteiger partial charge in [0.05, 0.1) is 17.3 Å². The van der Waals surface area contributed by atoms with Crippen LogP contribution in [0.15, 0.2) is 60.1 Å². The average molecular weight is 329 g/mol. The Labute approximate surface area is 137 Å². The average Bonchev–Trinajstić information content (AvgIpc) is 3.07. The van der Waals surface area contributed by atoms with E-state index < -0.39 is 0 Å². The Morgan fingerprint density at radius 2 is 1.95 bits per heavy atom. The molecule has 2 aromatic heterocycles. The molecule has 3 rings (SSSR count). The van der Waals surface area contributed by atoms with Gasteiger partial charge in [0.1, 0.15) is 0 Å². The number of nitrogens with one attached hydrogen (secondary N) is 1. The number of pyridine rings is 1. The molecule has 0 aliphatic carbocycles. The second-order valence-electron chi connectivity index (χ2n) is 4.67. The zero-order valence-electron chi connectivity index (χ0n) is 11.6. The Morgan fingerprint density at radius 1 is 1.14 bits per heavy atom. The summed E-state index contributed by atoms with van der Waals surface area (Å²) in [5.74, 6) is -0.0907. The highest BCUT2D eigenvalue weighted by atomic mass is 35.5. The molecule has 3 nitrogen and oxygen atoms in total. The van der Waals surface area contributed by atoms with Crippen LogP contribution in [-0.2, 0) is 6.54 Å². The zero-order chi connectivity index (χ0) is 15.4. The lowest BCUT2D eigenvalue weighted by Crippen LogP contribution is -2.22. The number of benzene rings is 1. The van der Waals surface area contributed by atoms with Crippen molar-refractivity contribution < 1.29 is 4.79 Å². The number of carbonyl (C=O) groups is 1. The molecule has 110 valence electrons. The van der Waals surface area contributed by atoms with E-state index in [9.17, 15) is 4.79 Å². The molecule has 22 heavy (non-hydrogen) atoms. The molecule has 0 saturated carbocycles. The molecular weight excluding hydrogens is 316 g/mol. The van der Waals surface area contributed by atoms with Crippen LogP contribution < -0.4 is 5.32 Å². The molecule has 0 aliphatic heterocycles. The summed E-state index contributed by atoms with van der Waals surface area (Å²) in [4.78, 5) is 17.5. The Hall–Kier alpha value is -2.17. The Morgan fingerprint density at radius 3 is 2.64 bits per heavy atom. The van der Waals surface area contributed by atoms with Gasteiger partial charge in [-0.3, -0.25) is 9.78 Å². The summed E-state index contributed by atoms with van der Waals surface area (Å²) >= 11 is 7.75. The highest BCUT2D eigenvalue weighted by Gasteiger charge is 2.08. The number of hydrogen-bond acceptors (Lipinski definition) is 3. The number of thiophene rings is 1. The number of hydrogen-bond donors (Lipinski definition) is 1. The van der Waals surface area contributed by atoms with Gasteiger partial charge in [-0.15, -0.1) is 11.3 Å². The fourth-order valence-corrected chi connectivity index (χ4v) is 2.94. The number of carbonyl (C=O) groups excluding carboxylic acids is 1. The second kappa shape index (κ2) is 6.73. The number of amides is 1. The van der Waals surface area contributed by atoms with E-state index in [-0.39, 0.29) is 5.91 Å². The lowest BCUT2D eigenvalue weighted by Gasteiger charge is -2.06. The zero-order valence-corrected chi connectivity index (χ0v) is 13.2. The summed E-state index contributed by atoms with van der Waals surface area (Å²) in [6.07, 6.45) is 1.70. The van der Waals surface area contributed by atoms with Crippen molar-refractivity contribution in [2.24, 2.45) is 0 Å². The summed E-state index contributed by atoms with van der Waals surface area (Å²) in [5.41, 5.74) is 2.22. The first-order valence-electron chi connectivity index (χ1n) is 6.75. The molecule has 0 unspecified atom stereocenters. The lowest BCUT2D eigenvalue weighted by atomic mass is 10.1. The summed E-state index contributed by atoms with van der Waals surface area (Å²) in [7, 11) is 0. The molecule has 2 heterocycles. The van der Waals surface area contributed by atoms with Crippen LogP contribution in [-0.4, -0.2) is 10.9 Å². The molecule has 0 radical (unpaired) electrons. The van der Waals surface area contributed by atoms with Gasteiger partial charge in [0.15, 0.2) is 0 Å². The first kappa shape index (κ1) is 14.8. The van der Waals surface area contributed by atoms with Crippen molar-refractivity contribution in [3.63, 3.8) is 0 Å². The van der Waals surface area contributed by atoms with Crippen molar-refractivity contribution >= 4 is 28.8 Å². The molecule has 1 aromatic carbocycles. The van der Waals surface area contributed by atoms with E-state index in [1.807, 2.05) is 29.6 Å². The number of aromatic nitrogens is 1. The van der Waals surface area contributed by atoms with Gasteiger partial charge in [0.2, 0.25) is 0 Å². The predicted molar refractivity (Wildman–Crippen MR) is 90.2 cm³/mol. The third kappa shape index (κ3) is 3.35. The monoisotopic (exact) mass is 328 g/mol. The van der Waals surface area contributed by atoms with E-state index >= 15 is 0 Å². The summed E-state index contributed by atoms with van der Waals surface area (Å²) in [6, 6.07) is 14.8. The van der Waals surface area contributed by atoms with Gasteiger partial charge in [-0.25, -0.2) is 0 Å². The molecule has 3 aromatic rings. The van der Waals surface area contributed by atoms with Crippen molar-refractivity contribution in [1.82, 2.24) is 10.3 Å². The molecule has 0 bridgehead atoms. The molecule has 0 spiro atoms. The molecule has 1 N–H and O–H groups in total. The number of halogens is 1. The van der Waals surface area contributed by atoms with E-state index in [0.717, 1.165) is 16.1 Å². The van der Waals surface area contributed by atoms with Crippen molar-refractivity contribution in [3.05, 3.63) is 75.6 Å². The van der Waals surface area contributed by atoms with Crippen LogP contribution in [0.25, 0.3) is 11.3 Å². The first-order valence-corrected chi connectivity index (χ1v) is 8.01. The maximum absolute atomic E-state index is 12.1. The van der Waals surface area contributed by atoms with Crippen LogP contribution in [0.3, 0.4) is 0 Å². The fourth-order valence-electron chi connectivity index (χ4n) is 2.06. The molecule has 5 heteroatoms. The van der Waals surface area contributed by atoms with Crippen LogP contribution >= 0.6 is 22.9 Å². The Balaban J connectivity index is 1.71. The Kier molecular flexibility index (Phi) is 4.51. The van der Waals surface area contributed by atoms with E-state index in [1.165, 1.54) is 0 Å². The second-order valence-corrected chi connectivity index (χ2v) is 6.11. The van der Waals surface area contributed by atoms with Gasteiger partial charge >= 0.3 is 0 Å². The minimum absolute atomic E-state index is 0.0907. The molecular formula is C17H13ClN2OS. The van der Waals surface area contributed by atoms with Crippen molar-refractivity contribution in [1.29, 1.82) is 0 Å². The van der Waals surface area contributed by atoms with Crippen LogP contribution in [0, 0.1) is 0 Å². The number of nitrogens with zero attached hydrogens (tertiary/aromatic N) is 1. The number of rotatable bonds is 4. The molecule has 0 fully saturated rings. The smallest absolute Gasteiger partial charge is 0.251 e. The Bertz CT molecular complexity index is 770. The molecule has 0 aliphatic rings. The third-order valence-electron chi connectivity index (χ3n) is 3.18. The maximum Gasteiger partial charge on any atom is 0.251 e. The molecule has 0 atom stereocenters. The minimum atomic E-state index is -0.0907. The minimum Gasteiger partial charge on any atom is -0.347 e. The molecule has 1 amide bonds. The van der Waals surface area contributed by atoms with Crippen molar-refractivity contribution in [2.45, 2.75) is 6.54 Å². The van der Waals surface area contributed by atoms with Gasteiger partial charge in [0, 0.05) is 22.2 Å². The highest BCUT2D eigenvalue weighted by Crippen LogP contribution is 2.25. The van der Waals surface area contributed by atoms with Gasteiger partial charge < -0.3 is 5.32 Å². The maximum atomic E-state index is 12.1. The summed E-state index contributed by atoms with van der Waals surface area (Å²) in [5, 5.41) is 5.49. The SMILES string of the molecule is O=C(NCc1cccs1)c1ccc(-c2ncccc2Cl)cc1. The highest BCUT2D eigenvalue weighted by molar-refractivity contribution is 7.09. The van der Waals surface area contributed by atoms with E-state index in [4.69, 9.17) is 11.6 Å². The fraction of sp³-hybridized carbons (Fsp3) is 0.0588. The largest absolute Gasteiger partial charge is 0.347 e. The van der Waals surface area contributed by atoms with Gasteiger partial charge in [-0.05, 0) is 35.7 Å². The van der Waals surface area contributed by atoms with Gasteiger partial charge in [-0.1, -0.05) is 29.8 Å².